The van der Waals surface area contributed by atoms with Gasteiger partial charge in [0.25, 0.3) is 0 Å². The van der Waals surface area contributed by atoms with Crippen molar-refractivity contribution in [2.24, 2.45) is 28.9 Å². The molecular weight excluding hydrogens is 218 g/mol. The van der Waals surface area contributed by atoms with Crippen LogP contribution in [0.25, 0.3) is 0 Å². The molecule has 2 saturated carbocycles. The van der Waals surface area contributed by atoms with E-state index >= 15 is 0 Å². The predicted octanol–water partition coefficient (Wildman–Crippen LogP) is 4.75. The Hall–Kier alpha value is -0.0400. The van der Waals surface area contributed by atoms with Crippen LogP contribution in [0.15, 0.2) is 0 Å². The minimum absolute atomic E-state index is 0.155. The Balaban J connectivity index is 2.02. The zero-order valence-corrected chi connectivity index (χ0v) is 13.0. The summed E-state index contributed by atoms with van der Waals surface area (Å²) in [6.45, 7) is 9.69. The van der Waals surface area contributed by atoms with Crippen LogP contribution in [0.4, 0.5) is 0 Å². The maximum absolute atomic E-state index is 6.86. The lowest BCUT2D eigenvalue weighted by Gasteiger charge is -2.43. The van der Waals surface area contributed by atoms with Crippen LogP contribution in [0.5, 0.6) is 0 Å². The molecule has 4 atom stereocenters. The highest BCUT2D eigenvalue weighted by Crippen LogP contribution is 2.45. The van der Waals surface area contributed by atoms with Crippen molar-refractivity contribution >= 4 is 0 Å². The van der Waals surface area contributed by atoms with Gasteiger partial charge in [0.1, 0.15) is 0 Å². The smallest absolute Gasteiger partial charge is 0.0183 e. The average Bonchev–Trinajstić information content (AvgIpc) is 2.43. The molecule has 0 aromatic carbocycles. The van der Waals surface area contributed by atoms with Crippen LogP contribution < -0.4 is 5.73 Å². The van der Waals surface area contributed by atoms with E-state index in [0.717, 1.165) is 17.8 Å². The molecule has 0 spiro atoms. The molecule has 2 aliphatic rings. The van der Waals surface area contributed by atoms with Crippen molar-refractivity contribution in [2.75, 3.05) is 0 Å². The van der Waals surface area contributed by atoms with Gasteiger partial charge in [0, 0.05) is 5.54 Å². The minimum atomic E-state index is 0.155. The van der Waals surface area contributed by atoms with E-state index in [1.54, 1.807) is 0 Å². The molecule has 0 saturated heterocycles. The Morgan fingerprint density at radius 2 is 1.61 bits per heavy atom. The first-order valence-electron chi connectivity index (χ1n) is 8.11. The Bertz CT molecular complexity index is 283. The summed E-state index contributed by atoms with van der Waals surface area (Å²) in [5.74, 6) is 2.57. The van der Waals surface area contributed by atoms with Crippen LogP contribution in [-0.4, -0.2) is 5.54 Å². The van der Waals surface area contributed by atoms with Gasteiger partial charge in [-0.2, -0.15) is 0 Å². The Morgan fingerprint density at radius 1 is 0.889 bits per heavy atom. The van der Waals surface area contributed by atoms with Gasteiger partial charge in [-0.15, -0.1) is 0 Å². The second-order valence-corrected chi connectivity index (χ2v) is 8.22. The SMILES string of the molecule is CC1CCC(C2(N)CCCC(C)(C)CC2)CC1C. The van der Waals surface area contributed by atoms with Gasteiger partial charge in [-0.3, -0.25) is 0 Å². The second kappa shape index (κ2) is 5.15. The van der Waals surface area contributed by atoms with E-state index in [9.17, 15) is 0 Å². The fourth-order valence-corrected chi connectivity index (χ4v) is 4.20. The molecule has 2 aliphatic carbocycles. The van der Waals surface area contributed by atoms with Crippen LogP contribution in [0.1, 0.15) is 79.1 Å². The van der Waals surface area contributed by atoms with Gasteiger partial charge in [-0.05, 0) is 61.7 Å². The molecule has 0 aliphatic heterocycles. The summed E-state index contributed by atoms with van der Waals surface area (Å²) in [6.07, 6.45) is 10.7. The quantitative estimate of drug-likeness (QED) is 0.669. The van der Waals surface area contributed by atoms with Crippen molar-refractivity contribution in [1.29, 1.82) is 0 Å². The highest BCUT2D eigenvalue weighted by molar-refractivity contribution is 4.97. The summed E-state index contributed by atoms with van der Waals surface area (Å²) in [7, 11) is 0. The molecule has 2 rings (SSSR count). The molecule has 4 unspecified atom stereocenters. The van der Waals surface area contributed by atoms with Crippen LogP contribution in [0, 0.1) is 23.2 Å². The monoisotopic (exact) mass is 251 g/mol. The lowest BCUT2D eigenvalue weighted by Crippen LogP contribution is -2.49. The van der Waals surface area contributed by atoms with E-state index in [0.29, 0.717) is 5.41 Å². The lowest BCUT2D eigenvalue weighted by atomic mass is 9.66. The van der Waals surface area contributed by atoms with Gasteiger partial charge < -0.3 is 5.73 Å². The van der Waals surface area contributed by atoms with Crippen molar-refractivity contribution in [3.8, 4) is 0 Å². The fraction of sp³-hybridized carbons (Fsp3) is 1.00. The maximum Gasteiger partial charge on any atom is 0.0183 e. The summed E-state index contributed by atoms with van der Waals surface area (Å²) in [5.41, 5.74) is 7.54. The van der Waals surface area contributed by atoms with Crippen LogP contribution >= 0.6 is 0 Å². The largest absolute Gasteiger partial charge is 0.325 e. The summed E-state index contributed by atoms with van der Waals surface area (Å²) in [4.78, 5) is 0. The first kappa shape index (κ1) is 14.4. The third kappa shape index (κ3) is 3.10. The Labute approximate surface area is 114 Å². The van der Waals surface area contributed by atoms with Gasteiger partial charge in [0.2, 0.25) is 0 Å². The molecule has 0 aromatic rings. The molecule has 2 fully saturated rings. The topological polar surface area (TPSA) is 26.0 Å². The summed E-state index contributed by atoms with van der Waals surface area (Å²) < 4.78 is 0. The third-order valence-electron chi connectivity index (χ3n) is 6.17. The lowest BCUT2D eigenvalue weighted by molar-refractivity contribution is 0.119. The minimum Gasteiger partial charge on any atom is -0.325 e. The highest BCUT2D eigenvalue weighted by Gasteiger charge is 2.41. The van der Waals surface area contributed by atoms with Gasteiger partial charge in [0.15, 0.2) is 0 Å². The van der Waals surface area contributed by atoms with Crippen LogP contribution in [0.2, 0.25) is 0 Å². The first-order chi connectivity index (χ1) is 8.32. The molecule has 0 amide bonds. The number of hydrogen-bond acceptors (Lipinski definition) is 1. The molecule has 2 N–H and O–H groups in total. The van der Waals surface area contributed by atoms with Crippen molar-refractivity contribution in [3.63, 3.8) is 0 Å². The van der Waals surface area contributed by atoms with Crippen LogP contribution in [0.3, 0.4) is 0 Å². The van der Waals surface area contributed by atoms with Gasteiger partial charge in [0.05, 0.1) is 0 Å². The van der Waals surface area contributed by atoms with Crippen molar-refractivity contribution in [3.05, 3.63) is 0 Å². The molecule has 0 radical (unpaired) electrons. The van der Waals surface area contributed by atoms with E-state index in [1.807, 2.05) is 0 Å². The number of nitrogens with two attached hydrogens (primary N) is 1. The molecule has 1 nitrogen and oxygen atoms in total. The summed E-state index contributed by atoms with van der Waals surface area (Å²) >= 11 is 0. The second-order valence-electron chi connectivity index (χ2n) is 8.22. The van der Waals surface area contributed by atoms with Crippen molar-refractivity contribution in [1.82, 2.24) is 0 Å². The molecular formula is C17H33N. The molecule has 106 valence electrons. The van der Waals surface area contributed by atoms with Crippen molar-refractivity contribution < 1.29 is 0 Å². The predicted molar refractivity (Wildman–Crippen MR) is 79.5 cm³/mol. The Morgan fingerprint density at radius 3 is 2.28 bits per heavy atom. The number of rotatable bonds is 1. The molecule has 0 heterocycles. The fourth-order valence-electron chi connectivity index (χ4n) is 4.20. The van der Waals surface area contributed by atoms with Gasteiger partial charge in [-0.1, -0.05) is 40.5 Å². The van der Waals surface area contributed by atoms with Gasteiger partial charge in [-0.25, -0.2) is 0 Å². The van der Waals surface area contributed by atoms with E-state index in [2.05, 4.69) is 27.7 Å². The molecule has 1 heteroatoms. The molecule has 0 aromatic heterocycles. The maximum atomic E-state index is 6.86. The van der Waals surface area contributed by atoms with Crippen LogP contribution in [-0.2, 0) is 0 Å². The van der Waals surface area contributed by atoms with Gasteiger partial charge >= 0.3 is 0 Å². The van der Waals surface area contributed by atoms with E-state index in [4.69, 9.17) is 5.73 Å². The summed E-state index contributed by atoms with van der Waals surface area (Å²) in [5, 5.41) is 0. The molecule has 0 bridgehead atoms. The summed E-state index contributed by atoms with van der Waals surface area (Å²) in [6, 6.07) is 0. The van der Waals surface area contributed by atoms with E-state index < -0.39 is 0 Å². The highest BCUT2D eigenvalue weighted by atomic mass is 14.8. The van der Waals surface area contributed by atoms with E-state index in [-0.39, 0.29) is 5.54 Å². The molecule has 18 heavy (non-hydrogen) atoms. The Kier molecular flexibility index (Phi) is 4.11. The average molecular weight is 251 g/mol. The zero-order valence-electron chi connectivity index (χ0n) is 13.0. The first-order valence-corrected chi connectivity index (χ1v) is 8.11. The van der Waals surface area contributed by atoms with Crippen molar-refractivity contribution in [2.45, 2.75) is 84.6 Å². The normalized spacial score (nSPS) is 45.5. The standard InChI is InChI=1S/C17H33N/c1-13-6-7-15(12-14(13)2)17(18)9-5-8-16(3,4)10-11-17/h13-15H,5-12,18H2,1-4H3. The number of hydrogen-bond donors (Lipinski definition) is 1. The van der Waals surface area contributed by atoms with E-state index in [1.165, 1.54) is 51.4 Å². The third-order valence-corrected chi connectivity index (χ3v) is 6.17. The zero-order chi connectivity index (χ0) is 13.4.